The Morgan fingerprint density at radius 2 is 1.95 bits per heavy atom. The highest BCUT2D eigenvalue weighted by atomic mass is 79.9. The Labute approximate surface area is 133 Å². The monoisotopic (exact) mass is 347 g/mol. The van der Waals surface area contributed by atoms with Crippen molar-refractivity contribution >= 4 is 27.6 Å². The number of aryl methyl sites for hydroxylation is 1. The predicted molar refractivity (Wildman–Crippen MR) is 88.6 cm³/mol. The van der Waals surface area contributed by atoms with Gasteiger partial charge in [0, 0.05) is 16.7 Å². The molecule has 1 N–H and O–H groups in total. The SMILES string of the molecule is COC(=O)C(CNc1ccc(C)c(Br)c1)c1ccccc1. The van der Waals surface area contributed by atoms with Crippen LogP contribution in [-0.4, -0.2) is 19.6 Å². The Kier molecular flexibility index (Phi) is 5.39. The van der Waals surface area contributed by atoms with E-state index >= 15 is 0 Å². The van der Waals surface area contributed by atoms with E-state index in [0.717, 1.165) is 15.7 Å². The van der Waals surface area contributed by atoms with Crippen LogP contribution in [0.15, 0.2) is 53.0 Å². The maximum atomic E-state index is 12.0. The Morgan fingerprint density at radius 3 is 2.57 bits per heavy atom. The van der Waals surface area contributed by atoms with E-state index in [1.165, 1.54) is 12.7 Å². The molecule has 1 atom stereocenters. The number of hydrogen-bond donors (Lipinski definition) is 1. The second-order valence-corrected chi connectivity index (χ2v) is 5.69. The number of methoxy groups -OCH3 is 1. The van der Waals surface area contributed by atoms with Crippen LogP contribution in [-0.2, 0) is 9.53 Å². The van der Waals surface area contributed by atoms with Crippen molar-refractivity contribution in [1.29, 1.82) is 0 Å². The number of ether oxygens (including phenoxy) is 1. The maximum absolute atomic E-state index is 12.0. The number of carbonyl (C=O) groups excluding carboxylic acids is 1. The summed E-state index contributed by atoms with van der Waals surface area (Å²) in [7, 11) is 1.42. The van der Waals surface area contributed by atoms with Crippen LogP contribution in [0.3, 0.4) is 0 Å². The number of rotatable bonds is 5. The summed E-state index contributed by atoms with van der Waals surface area (Å²) < 4.78 is 5.95. The average Bonchev–Trinajstić information content (AvgIpc) is 2.51. The Morgan fingerprint density at radius 1 is 1.24 bits per heavy atom. The normalized spacial score (nSPS) is 11.8. The van der Waals surface area contributed by atoms with Gasteiger partial charge in [-0.3, -0.25) is 4.79 Å². The van der Waals surface area contributed by atoms with Gasteiger partial charge >= 0.3 is 5.97 Å². The van der Waals surface area contributed by atoms with Crippen LogP contribution in [0.1, 0.15) is 17.0 Å². The second-order valence-electron chi connectivity index (χ2n) is 4.83. The zero-order valence-corrected chi connectivity index (χ0v) is 13.7. The summed E-state index contributed by atoms with van der Waals surface area (Å²) >= 11 is 3.51. The van der Waals surface area contributed by atoms with Gasteiger partial charge in [0.15, 0.2) is 0 Å². The van der Waals surface area contributed by atoms with E-state index in [-0.39, 0.29) is 11.9 Å². The summed E-state index contributed by atoms with van der Waals surface area (Å²) in [6.45, 7) is 2.53. The standard InChI is InChI=1S/C17H18BrNO2/c1-12-8-9-14(10-16(12)18)19-11-15(17(20)21-2)13-6-4-3-5-7-13/h3-10,15,19H,11H2,1-2H3. The smallest absolute Gasteiger partial charge is 0.314 e. The molecule has 2 aromatic rings. The van der Waals surface area contributed by atoms with E-state index in [1.54, 1.807) is 0 Å². The van der Waals surface area contributed by atoms with Gasteiger partial charge in [0.2, 0.25) is 0 Å². The third-order valence-corrected chi connectivity index (χ3v) is 4.22. The van der Waals surface area contributed by atoms with Crippen LogP contribution >= 0.6 is 15.9 Å². The molecule has 21 heavy (non-hydrogen) atoms. The molecule has 0 aliphatic rings. The molecule has 1 unspecified atom stereocenters. The molecule has 0 aliphatic heterocycles. The van der Waals surface area contributed by atoms with Crippen molar-refractivity contribution in [1.82, 2.24) is 0 Å². The molecule has 0 bridgehead atoms. The van der Waals surface area contributed by atoms with Gasteiger partial charge in [0.1, 0.15) is 0 Å². The lowest BCUT2D eigenvalue weighted by Crippen LogP contribution is -2.22. The van der Waals surface area contributed by atoms with Crippen molar-refractivity contribution in [2.24, 2.45) is 0 Å². The molecule has 2 rings (SSSR count). The minimum absolute atomic E-state index is 0.236. The lowest BCUT2D eigenvalue weighted by molar-refractivity contribution is -0.142. The molecular weight excluding hydrogens is 330 g/mol. The minimum atomic E-state index is -0.323. The van der Waals surface area contributed by atoms with Crippen molar-refractivity contribution in [3.05, 3.63) is 64.1 Å². The Bertz CT molecular complexity index is 613. The Balaban J connectivity index is 2.12. The van der Waals surface area contributed by atoms with Gasteiger partial charge in [0.05, 0.1) is 13.0 Å². The van der Waals surface area contributed by atoms with Crippen LogP contribution in [0.4, 0.5) is 5.69 Å². The quantitative estimate of drug-likeness (QED) is 0.826. The van der Waals surface area contributed by atoms with Crippen molar-refractivity contribution < 1.29 is 9.53 Å². The van der Waals surface area contributed by atoms with E-state index in [2.05, 4.69) is 21.2 Å². The summed E-state index contributed by atoms with van der Waals surface area (Å²) in [6.07, 6.45) is 0. The van der Waals surface area contributed by atoms with Crippen molar-refractivity contribution in [3.8, 4) is 0 Å². The number of carbonyl (C=O) groups is 1. The minimum Gasteiger partial charge on any atom is -0.468 e. The molecule has 0 saturated carbocycles. The third-order valence-electron chi connectivity index (χ3n) is 3.37. The van der Waals surface area contributed by atoms with Gasteiger partial charge in [-0.1, -0.05) is 52.3 Å². The highest BCUT2D eigenvalue weighted by Crippen LogP contribution is 2.23. The highest BCUT2D eigenvalue weighted by Gasteiger charge is 2.20. The van der Waals surface area contributed by atoms with Gasteiger partial charge in [-0.05, 0) is 30.2 Å². The van der Waals surface area contributed by atoms with Gasteiger partial charge in [0.25, 0.3) is 0 Å². The molecule has 0 spiro atoms. The largest absolute Gasteiger partial charge is 0.468 e. The molecule has 3 nitrogen and oxygen atoms in total. The molecule has 4 heteroatoms. The van der Waals surface area contributed by atoms with Gasteiger partial charge in [-0.2, -0.15) is 0 Å². The lowest BCUT2D eigenvalue weighted by atomic mass is 9.99. The summed E-state index contributed by atoms with van der Waals surface area (Å²) in [5.41, 5.74) is 3.09. The summed E-state index contributed by atoms with van der Waals surface area (Å²) in [6, 6.07) is 15.7. The molecule has 110 valence electrons. The highest BCUT2D eigenvalue weighted by molar-refractivity contribution is 9.10. The zero-order chi connectivity index (χ0) is 15.2. The third kappa shape index (κ3) is 4.08. The van der Waals surface area contributed by atoms with Crippen LogP contribution in [0, 0.1) is 6.92 Å². The number of halogens is 1. The van der Waals surface area contributed by atoms with E-state index in [1.807, 2.05) is 55.5 Å². The van der Waals surface area contributed by atoms with E-state index in [4.69, 9.17) is 4.74 Å². The number of anilines is 1. The number of esters is 1. The van der Waals surface area contributed by atoms with Crippen LogP contribution in [0.2, 0.25) is 0 Å². The van der Waals surface area contributed by atoms with Gasteiger partial charge in [-0.25, -0.2) is 0 Å². The molecule has 0 radical (unpaired) electrons. The predicted octanol–water partition coefficient (Wildman–Crippen LogP) is 4.13. The summed E-state index contributed by atoms with van der Waals surface area (Å²) in [5.74, 6) is -0.559. The first kappa shape index (κ1) is 15.6. The van der Waals surface area contributed by atoms with Crippen molar-refractivity contribution in [2.75, 3.05) is 19.0 Å². The first-order chi connectivity index (χ1) is 10.1. The van der Waals surface area contributed by atoms with Crippen LogP contribution < -0.4 is 5.32 Å². The molecule has 0 aromatic heterocycles. The molecule has 0 saturated heterocycles. The van der Waals surface area contributed by atoms with Gasteiger partial charge in [-0.15, -0.1) is 0 Å². The Hall–Kier alpha value is -1.81. The number of benzene rings is 2. The summed E-state index contributed by atoms with van der Waals surface area (Å²) in [4.78, 5) is 12.0. The fraction of sp³-hybridized carbons (Fsp3) is 0.235. The second kappa shape index (κ2) is 7.27. The number of hydrogen-bond acceptors (Lipinski definition) is 3. The van der Waals surface area contributed by atoms with E-state index in [0.29, 0.717) is 6.54 Å². The topological polar surface area (TPSA) is 38.3 Å². The first-order valence-corrected chi connectivity index (χ1v) is 7.54. The van der Waals surface area contributed by atoms with Crippen LogP contribution in [0.5, 0.6) is 0 Å². The van der Waals surface area contributed by atoms with E-state index in [9.17, 15) is 4.79 Å². The molecule has 0 fully saturated rings. The van der Waals surface area contributed by atoms with Crippen molar-refractivity contribution in [3.63, 3.8) is 0 Å². The average molecular weight is 348 g/mol. The van der Waals surface area contributed by atoms with E-state index < -0.39 is 0 Å². The maximum Gasteiger partial charge on any atom is 0.314 e. The molecule has 0 aliphatic carbocycles. The molecular formula is C17H18BrNO2. The molecule has 0 amide bonds. The first-order valence-electron chi connectivity index (χ1n) is 6.74. The molecule has 2 aromatic carbocycles. The number of nitrogens with one attached hydrogen (secondary N) is 1. The van der Waals surface area contributed by atoms with Crippen molar-refractivity contribution in [2.45, 2.75) is 12.8 Å². The fourth-order valence-corrected chi connectivity index (χ4v) is 2.47. The zero-order valence-electron chi connectivity index (χ0n) is 12.1. The molecule has 0 heterocycles. The lowest BCUT2D eigenvalue weighted by Gasteiger charge is -2.17. The summed E-state index contributed by atoms with van der Waals surface area (Å²) in [5, 5.41) is 3.30. The fourth-order valence-electron chi connectivity index (χ4n) is 2.09. The van der Waals surface area contributed by atoms with Crippen LogP contribution in [0.25, 0.3) is 0 Å². The van der Waals surface area contributed by atoms with Gasteiger partial charge < -0.3 is 10.1 Å².